The molecule has 14 heavy (non-hydrogen) atoms. The first-order valence-corrected chi connectivity index (χ1v) is 5.17. The van der Waals surface area contributed by atoms with Crippen molar-refractivity contribution >= 4 is 17.9 Å². The van der Waals surface area contributed by atoms with Gasteiger partial charge in [0.1, 0.15) is 6.29 Å². The first-order chi connectivity index (χ1) is 6.54. The number of hydrogen-bond acceptors (Lipinski definition) is 1. The molecule has 0 N–H and O–H groups in total. The Bertz CT molecular complexity index is 382. The summed E-state index contributed by atoms with van der Waals surface area (Å²) in [5, 5.41) is 0.753. The Morgan fingerprint density at radius 3 is 2.86 bits per heavy atom. The predicted octanol–water partition coefficient (Wildman–Crippen LogP) is 3.30. The normalized spacial score (nSPS) is 23.2. The summed E-state index contributed by atoms with van der Waals surface area (Å²) in [5.41, 5.74) is 2.45. The third-order valence-corrected chi connectivity index (χ3v) is 3.27. The third kappa shape index (κ3) is 1.36. The van der Waals surface area contributed by atoms with Gasteiger partial charge >= 0.3 is 0 Å². The third-order valence-electron chi connectivity index (χ3n) is 3.04. The lowest BCUT2D eigenvalue weighted by Crippen LogP contribution is -2.12. The highest BCUT2D eigenvalue weighted by Gasteiger charge is 2.36. The molecule has 0 aromatic heterocycles. The van der Waals surface area contributed by atoms with Crippen molar-refractivity contribution in [2.24, 2.45) is 0 Å². The molecule has 2 heteroatoms. The van der Waals surface area contributed by atoms with Gasteiger partial charge in [0.15, 0.2) is 0 Å². The molecule has 0 amide bonds. The van der Waals surface area contributed by atoms with E-state index in [9.17, 15) is 4.79 Å². The summed E-state index contributed by atoms with van der Waals surface area (Å²) in [6, 6.07) is 5.82. The number of aldehydes is 1. The van der Waals surface area contributed by atoms with Crippen LogP contribution in [0.3, 0.4) is 0 Å². The van der Waals surface area contributed by atoms with E-state index in [4.69, 9.17) is 11.6 Å². The van der Waals surface area contributed by atoms with Crippen LogP contribution in [0.25, 0.3) is 0 Å². The summed E-state index contributed by atoms with van der Waals surface area (Å²) >= 11 is 5.95. The van der Waals surface area contributed by atoms with Crippen molar-refractivity contribution in [3.8, 4) is 0 Å². The van der Waals surface area contributed by atoms with Gasteiger partial charge in [0, 0.05) is 10.9 Å². The van der Waals surface area contributed by atoms with Gasteiger partial charge in [-0.15, -0.1) is 0 Å². The Kier molecular flexibility index (Phi) is 2.15. The van der Waals surface area contributed by atoms with Gasteiger partial charge < -0.3 is 4.79 Å². The van der Waals surface area contributed by atoms with Gasteiger partial charge in [-0.05, 0) is 35.1 Å². The van der Waals surface area contributed by atoms with Crippen LogP contribution >= 0.6 is 11.6 Å². The van der Waals surface area contributed by atoms with E-state index in [0.29, 0.717) is 0 Å². The zero-order valence-corrected chi connectivity index (χ0v) is 9.14. The van der Waals surface area contributed by atoms with Gasteiger partial charge in [0.25, 0.3) is 0 Å². The van der Waals surface area contributed by atoms with E-state index in [-0.39, 0.29) is 11.3 Å². The number of carbonyl (C=O) groups is 1. The van der Waals surface area contributed by atoms with Gasteiger partial charge in [0.2, 0.25) is 0 Å². The van der Waals surface area contributed by atoms with Gasteiger partial charge in [-0.2, -0.15) is 0 Å². The molecule has 0 aliphatic heterocycles. The average molecular weight is 209 g/mol. The van der Waals surface area contributed by atoms with Crippen molar-refractivity contribution in [3.05, 3.63) is 34.3 Å². The molecule has 0 radical (unpaired) electrons. The maximum atomic E-state index is 10.9. The highest BCUT2D eigenvalue weighted by molar-refractivity contribution is 6.30. The largest absolute Gasteiger partial charge is 0.303 e. The Morgan fingerprint density at radius 1 is 1.50 bits per heavy atom. The van der Waals surface area contributed by atoms with E-state index in [1.54, 1.807) is 0 Å². The monoisotopic (exact) mass is 208 g/mol. The second-order valence-corrected chi connectivity index (χ2v) is 5.00. The summed E-state index contributed by atoms with van der Waals surface area (Å²) in [6.07, 6.45) is 1.94. The van der Waals surface area contributed by atoms with Gasteiger partial charge in [-0.3, -0.25) is 0 Å². The summed E-state index contributed by atoms with van der Waals surface area (Å²) in [5.74, 6) is 0.0530. The Hall–Kier alpha value is -0.820. The van der Waals surface area contributed by atoms with Crippen LogP contribution in [0, 0.1) is 0 Å². The summed E-state index contributed by atoms with van der Waals surface area (Å²) in [7, 11) is 0. The molecular formula is C12H13ClO. The number of benzene rings is 1. The first kappa shape index (κ1) is 9.72. The number of fused-ring (bicyclic) bond motifs is 1. The second-order valence-electron chi connectivity index (χ2n) is 4.56. The fourth-order valence-electron chi connectivity index (χ4n) is 2.33. The first-order valence-electron chi connectivity index (χ1n) is 4.80. The van der Waals surface area contributed by atoms with E-state index in [0.717, 1.165) is 23.3 Å². The molecule has 1 aromatic rings. The lowest BCUT2D eigenvalue weighted by Gasteiger charge is -2.18. The van der Waals surface area contributed by atoms with Crippen molar-refractivity contribution < 1.29 is 4.79 Å². The van der Waals surface area contributed by atoms with Crippen LogP contribution in [0.1, 0.15) is 37.3 Å². The molecule has 1 nitrogen and oxygen atoms in total. The van der Waals surface area contributed by atoms with Crippen LogP contribution in [0.5, 0.6) is 0 Å². The quantitative estimate of drug-likeness (QED) is 0.648. The molecule has 0 saturated heterocycles. The maximum absolute atomic E-state index is 10.9. The fraction of sp³-hybridized carbons (Fsp3) is 0.417. The SMILES string of the molecule is CC1(C)CC(C=O)c2ccc(Cl)cc21. The summed E-state index contributed by atoms with van der Waals surface area (Å²) in [4.78, 5) is 10.9. The van der Waals surface area contributed by atoms with Crippen molar-refractivity contribution in [3.63, 3.8) is 0 Å². The van der Waals surface area contributed by atoms with Gasteiger partial charge in [-0.25, -0.2) is 0 Å². The minimum atomic E-state index is 0.0530. The Labute approximate surface area is 89.1 Å². The molecule has 1 unspecified atom stereocenters. The van der Waals surface area contributed by atoms with Gasteiger partial charge in [0.05, 0.1) is 0 Å². The topological polar surface area (TPSA) is 17.1 Å². The molecule has 2 rings (SSSR count). The molecular weight excluding hydrogens is 196 g/mol. The Balaban J connectivity index is 2.59. The average Bonchev–Trinajstić information content (AvgIpc) is 2.38. The van der Waals surface area contributed by atoms with E-state index in [1.807, 2.05) is 18.2 Å². The van der Waals surface area contributed by atoms with Crippen LogP contribution < -0.4 is 0 Å². The minimum absolute atomic E-state index is 0.0530. The van der Waals surface area contributed by atoms with Crippen LogP contribution in [0.2, 0.25) is 5.02 Å². The van der Waals surface area contributed by atoms with Crippen LogP contribution in [-0.4, -0.2) is 6.29 Å². The lowest BCUT2D eigenvalue weighted by molar-refractivity contribution is -0.109. The summed E-state index contributed by atoms with van der Waals surface area (Å²) < 4.78 is 0. The molecule has 1 aliphatic rings. The number of hydrogen-bond donors (Lipinski definition) is 0. The zero-order chi connectivity index (χ0) is 10.3. The highest BCUT2D eigenvalue weighted by Crippen LogP contribution is 2.45. The Morgan fingerprint density at radius 2 is 2.21 bits per heavy atom. The fourth-order valence-corrected chi connectivity index (χ4v) is 2.50. The smallest absolute Gasteiger partial charge is 0.127 e. The molecule has 1 aromatic carbocycles. The standard InChI is InChI=1S/C12H13ClO/c1-12(2)6-8(7-14)10-4-3-9(13)5-11(10)12/h3-5,7-8H,6H2,1-2H3. The lowest BCUT2D eigenvalue weighted by atomic mass is 9.86. The molecule has 0 heterocycles. The predicted molar refractivity (Wildman–Crippen MR) is 57.9 cm³/mol. The van der Waals surface area contributed by atoms with Crippen molar-refractivity contribution in [1.29, 1.82) is 0 Å². The maximum Gasteiger partial charge on any atom is 0.127 e. The van der Waals surface area contributed by atoms with Crippen LogP contribution in [-0.2, 0) is 10.2 Å². The van der Waals surface area contributed by atoms with Crippen LogP contribution in [0.4, 0.5) is 0 Å². The number of rotatable bonds is 1. The highest BCUT2D eigenvalue weighted by atomic mass is 35.5. The van der Waals surface area contributed by atoms with E-state index >= 15 is 0 Å². The molecule has 1 aliphatic carbocycles. The molecule has 0 saturated carbocycles. The molecule has 0 bridgehead atoms. The van der Waals surface area contributed by atoms with E-state index in [1.165, 1.54) is 5.56 Å². The molecule has 1 atom stereocenters. The number of halogens is 1. The van der Waals surface area contributed by atoms with Crippen molar-refractivity contribution in [1.82, 2.24) is 0 Å². The van der Waals surface area contributed by atoms with E-state index < -0.39 is 0 Å². The summed E-state index contributed by atoms with van der Waals surface area (Å²) in [6.45, 7) is 4.32. The van der Waals surface area contributed by atoms with Gasteiger partial charge in [-0.1, -0.05) is 31.5 Å². The molecule has 0 spiro atoms. The van der Waals surface area contributed by atoms with Crippen molar-refractivity contribution in [2.75, 3.05) is 0 Å². The minimum Gasteiger partial charge on any atom is -0.303 e. The zero-order valence-electron chi connectivity index (χ0n) is 8.38. The van der Waals surface area contributed by atoms with E-state index in [2.05, 4.69) is 13.8 Å². The van der Waals surface area contributed by atoms with Crippen molar-refractivity contribution in [2.45, 2.75) is 31.6 Å². The molecule has 0 fully saturated rings. The second kappa shape index (κ2) is 3.09. The number of carbonyl (C=O) groups excluding carboxylic acids is 1. The van der Waals surface area contributed by atoms with Crippen LogP contribution in [0.15, 0.2) is 18.2 Å². The molecule has 74 valence electrons.